The predicted octanol–water partition coefficient (Wildman–Crippen LogP) is 4.37. The Morgan fingerprint density at radius 1 is 1.26 bits per heavy atom. The summed E-state index contributed by atoms with van der Waals surface area (Å²) in [4.78, 5) is 10.3. The molecule has 0 radical (unpaired) electrons. The molecule has 1 aliphatic rings. The van der Waals surface area contributed by atoms with Crippen molar-refractivity contribution in [1.29, 1.82) is 0 Å². The number of anilines is 1. The molecule has 4 heteroatoms. The van der Waals surface area contributed by atoms with Crippen LogP contribution in [0.15, 0.2) is 24.3 Å². The van der Waals surface area contributed by atoms with Gasteiger partial charge in [0, 0.05) is 23.9 Å². The Bertz CT molecular complexity index is 411. The van der Waals surface area contributed by atoms with E-state index in [4.69, 9.17) is 0 Å². The molecular formula is C15H22N2O2. The zero-order valence-electron chi connectivity index (χ0n) is 11.5. The molecule has 2 rings (SSSR count). The molecule has 0 saturated heterocycles. The SMILES string of the molecule is CCC(Nc1ccc([N+](=O)[O-])cc1)C1CCCCC1. The number of nitrogens with zero attached hydrogens (tertiary/aromatic N) is 1. The Balaban J connectivity index is 1.99. The maximum absolute atomic E-state index is 10.6. The van der Waals surface area contributed by atoms with Crippen molar-refractivity contribution in [3.8, 4) is 0 Å². The van der Waals surface area contributed by atoms with Gasteiger partial charge < -0.3 is 5.32 Å². The van der Waals surface area contributed by atoms with E-state index in [1.165, 1.54) is 32.1 Å². The summed E-state index contributed by atoms with van der Waals surface area (Å²) in [6.45, 7) is 2.21. The minimum atomic E-state index is -0.359. The summed E-state index contributed by atoms with van der Waals surface area (Å²) < 4.78 is 0. The number of nitro groups is 1. The zero-order chi connectivity index (χ0) is 13.7. The number of non-ortho nitro benzene ring substituents is 1. The normalized spacial score (nSPS) is 17.9. The van der Waals surface area contributed by atoms with Crippen LogP contribution in [0.5, 0.6) is 0 Å². The number of hydrogen-bond acceptors (Lipinski definition) is 3. The van der Waals surface area contributed by atoms with E-state index in [2.05, 4.69) is 12.2 Å². The van der Waals surface area contributed by atoms with Gasteiger partial charge in [-0.25, -0.2) is 0 Å². The molecule has 1 aromatic carbocycles. The minimum absolute atomic E-state index is 0.149. The molecule has 1 atom stereocenters. The van der Waals surface area contributed by atoms with Crippen LogP contribution in [0.4, 0.5) is 11.4 Å². The summed E-state index contributed by atoms with van der Waals surface area (Å²) in [5, 5.41) is 14.2. The average molecular weight is 262 g/mol. The number of hydrogen-bond donors (Lipinski definition) is 1. The second-order valence-corrected chi connectivity index (χ2v) is 5.36. The van der Waals surface area contributed by atoms with Crippen LogP contribution in [0.2, 0.25) is 0 Å². The first-order chi connectivity index (χ1) is 9.20. The van der Waals surface area contributed by atoms with Crippen LogP contribution in [-0.4, -0.2) is 11.0 Å². The van der Waals surface area contributed by atoms with Crippen LogP contribution in [0.3, 0.4) is 0 Å². The number of benzene rings is 1. The third-order valence-electron chi connectivity index (χ3n) is 4.09. The van der Waals surface area contributed by atoms with Gasteiger partial charge in [0.25, 0.3) is 5.69 Å². The highest BCUT2D eigenvalue weighted by Crippen LogP contribution is 2.29. The first-order valence-corrected chi connectivity index (χ1v) is 7.21. The van der Waals surface area contributed by atoms with Gasteiger partial charge in [-0.2, -0.15) is 0 Å². The van der Waals surface area contributed by atoms with Crippen molar-refractivity contribution < 1.29 is 4.92 Å². The van der Waals surface area contributed by atoms with E-state index in [1.807, 2.05) is 12.1 Å². The number of nitro benzene ring substituents is 1. The summed E-state index contributed by atoms with van der Waals surface area (Å²) in [6.07, 6.45) is 7.75. The Morgan fingerprint density at radius 2 is 1.89 bits per heavy atom. The quantitative estimate of drug-likeness (QED) is 0.633. The van der Waals surface area contributed by atoms with Crippen LogP contribution in [-0.2, 0) is 0 Å². The molecule has 1 fully saturated rings. The van der Waals surface area contributed by atoms with Gasteiger partial charge in [-0.3, -0.25) is 10.1 Å². The van der Waals surface area contributed by atoms with Crippen molar-refractivity contribution in [1.82, 2.24) is 0 Å². The summed E-state index contributed by atoms with van der Waals surface area (Å²) in [6, 6.07) is 7.24. The van der Waals surface area contributed by atoms with Crippen molar-refractivity contribution >= 4 is 11.4 Å². The third-order valence-corrected chi connectivity index (χ3v) is 4.09. The molecule has 1 N–H and O–H groups in total. The Morgan fingerprint density at radius 3 is 2.42 bits per heavy atom. The van der Waals surface area contributed by atoms with Gasteiger partial charge in [0.15, 0.2) is 0 Å². The largest absolute Gasteiger partial charge is 0.382 e. The third kappa shape index (κ3) is 3.69. The van der Waals surface area contributed by atoms with Crippen LogP contribution in [0.1, 0.15) is 45.4 Å². The van der Waals surface area contributed by atoms with Crippen LogP contribution in [0, 0.1) is 16.0 Å². The van der Waals surface area contributed by atoms with Gasteiger partial charge in [-0.15, -0.1) is 0 Å². The first-order valence-electron chi connectivity index (χ1n) is 7.21. The van der Waals surface area contributed by atoms with E-state index in [9.17, 15) is 10.1 Å². The van der Waals surface area contributed by atoms with Gasteiger partial charge in [0.05, 0.1) is 4.92 Å². The lowest BCUT2D eigenvalue weighted by molar-refractivity contribution is -0.384. The van der Waals surface area contributed by atoms with E-state index in [-0.39, 0.29) is 10.6 Å². The molecule has 104 valence electrons. The zero-order valence-corrected chi connectivity index (χ0v) is 11.5. The van der Waals surface area contributed by atoms with Crippen molar-refractivity contribution in [2.45, 2.75) is 51.5 Å². The molecule has 0 spiro atoms. The van der Waals surface area contributed by atoms with Crippen molar-refractivity contribution in [3.63, 3.8) is 0 Å². The van der Waals surface area contributed by atoms with E-state index < -0.39 is 0 Å². The average Bonchev–Trinajstić information content (AvgIpc) is 2.46. The molecule has 4 nitrogen and oxygen atoms in total. The molecule has 1 aliphatic carbocycles. The van der Waals surface area contributed by atoms with Gasteiger partial charge in [0.1, 0.15) is 0 Å². The highest BCUT2D eigenvalue weighted by Gasteiger charge is 2.22. The second kappa shape index (κ2) is 6.55. The molecule has 0 bridgehead atoms. The molecule has 0 amide bonds. The van der Waals surface area contributed by atoms with Crippen LogP contribution < -0.4 is 5.32 Å². The number of nitrogens with one attached hydrogen (secondary N) is 1. The second-order valence-electron chi connectivity index (χ2n) is 5.36. The Labute approximate surface area is 114 Å². The maximum Gasteiger partial charge on any atom is 0.269 e. The van der Waals surface area contributed by atoms with E-state index in [0.717, 1.165) is 18.0 Å². The fourth-order valence-corrected chi connectivity index (χ4v) is 2.98. The lowest BCUT2D eigenvalue weighted by Gasteiger charge is -2.31. The molecular weight excluding hydrogens is 240 g/mol. The van der Waals surface area contributed by atoms with Crippen LogP contribution >= 0.6 is 0 Å². The molecule has 19 heavy (non-hydrogen) atoms. The monoisotopic (exact) mass is 262 g/mol. The fourth-order valence-electron chi connectivity index (χ4n) is 2.98. The highest BCUT2D eigenvalue weighted by molar-refractivity contribution is 5.49. The molecule has 1 aromatic rings. The summed E-state index contributed by atoms with van der Waals surface area (Å²) in [5.41, 5.74) is 1.14. The minimum Gasteiger partial charge on any atom is -0.382 e. The molecule has 1 saturated carbocycles. The van der Waals surface area contributed by atoms with E-state index >= 15 is 0 Å². The number of rotatable bonds is 5. The summed E-state index contributed by atoms with van der Waals surface area (Å²) in [7, 11) is 0. The molecule has 0 aliphatic heterocycles. The summed E-state index contributed by atoms with van der Waals surface area (Å²) in [5.74, 6) is 0.744. The first kappa shape index (κ1) is 13.8. The lowest BCUT2D eigenvalue weighted by Crippen LogP contribution is -2.30. The van der Waals surface area contributed by atoms with Crippen LogP contribution in [0.25, 0.3) is 0 Å². The topological polar surface area (TPSA) is 55.2 Å². The smallest absolute Gasteiger partial charge is 0.269 e. The van der Waals surface area contributed by atoms with E-state index in [1.54, 1.807) is 12.1 Å². The standard InChI is InChI=1S/C15H22N2O2/c1-2-15(12-6-4-3-5-7-12)16-13-8-10-14(11-9-13)17(18)19/h8-12,15-16H,2-7H2,1H3. The highest BCUT2D eigenvalue weighted by atomic mass is 16.6. The molecule has 1 unspecified atom stereocenters. The Kier molecular flexibility index (Phi) is 4.77. The van der Waals surface area contributed by atoms with Gasteiger partial charge in [0.2, 0.25) is 0 Å². The Hall–Kier alpha value is -1.58. The molecule has 0 heterocycles. The lowest BCUT2D eigenvalue weighted by atomic mass is 9.83. The summed E-state index contributed by atoms with van der Waals surface area (Å²) >= 11 is 0. The van der Waals surface area contributed by atoms with Crippen molar-refractivity contribution in [3.05, 3.63) is 34.4 Å². The van der Waals surface area contributed by atoms with Crippen molar-refractivity contribution in [2.24, 2.45) is 5.92 Å². The predicted molar refractivity (Wildman–Crippen MR) is 77.4 cm³/mol. The van der Waals surface area contributed by atoms with Gasteiger partial charge in [-0.05, 0) is 37.3 Å². The fraction of sp³-hybridized carbons (Fsp3) is 0.600. The maximum atomic E-state index is 10.6. The van der Waals surface area contributed by atoms with Crippen molar-refractivity contribution in [2.75, 3.05) is 5.32 Å². The van der Waals surface area contributed by atoms with Gasteiger partial charge in [-0.1, -0.05) is 26.2 Å². The molecule has 0 aromatic heterocycles. The van der Waals surface area contributed by atoms with E-state index in [0.29, 0.717) is 6.04 Å². The van der Waals surface area contributed by atoms with Gasteiger partial charge >= 0.3 is 0 Å².